The largest absolute Gasteiger partial charge is 0.494 e. The summed E-state index contributed by atoms with van der Waals surface area (Å²) in [5.41, 5.74) is 6.37. The maximum atomic E-state index is 5.90. The minimum absolute atomic E-state index is 0.477. The van der Waals surface area contributed by atoms with E-state index in [2.05, 4.69) is 0 Å². The van der Waals surface area contributed by atoms with Crippen molar-refractivity contribution in [3.63, 3.8) is 0 Å². The molecule has 0 aliphatic rings. The predicted molar refractivity (Wildman–Crippen MR) is 68.9 cm³/mol. The summed E-state index contributed by atoms with van der Waals surface area (Å²) in [5.74, 6) is 1.83. The molecule has 88 valence electrons. The fourth-order valence-electron chi connectivity index (χ4n) is 1.42. The van der Waals surface area contributed by atoms with Gasteiger partial charge in [-0.2, -0.15) is 0 Å². The Hall–Kier alpha value is -1.87. The van der Waals surface area contributed by atoms with E-state index in [1.54, 1.807) is 43.5 Å². The molecule has 0 heterocycles. The van der Waals surface area contributed by atoms with E-state index in [-0.39, 0.29) is 0 Å². The lowest BCUT2D eigenvalue weighted by atomic mass is 10.2. The molecule has 0 amide bonds. The van der Waals surface area contributed by atoms with Gasteiger partial charge in [0.1, 0.15) is 17.2 Å². The van der Waals surface area contributed by atoms with Gasteiger partial charge in [0.15, 0.2) is 5.75 Å². The van der Waals surface area contributed by atoms with Crippen molar-refractivity contribution < 1.29 is 9.47 Å². The highest BCUT2D eigenvalue weighted by Gasteiger charge is 2.06. The van der Waals surface area contributed by atoms with Crippen LogP contribution in [0.1, 0.15) is 0 Å². The SMILES string of the molecule is COc1cccc(Oc2ccc(Cl)cc2)c1N. The van der Waals surface area contributed by atoms with Gasteiger partial charge in [-0.25, -0.2) is 0 Å². The zero-order valence-corrected chi connectivity index (χ0v) is 10.1. The van der Waals surface area contributed by atoms with Gasteiger partial charge in [-0.1, -0.05) is 17.7 Å². The van der Waals surface area contributed by atoms with Crippen LogP contribution in [0.25, 0.3) is 0 Å². The van der Waals surface area contributed by atoms with Gasteiger partial charge in [-0.05, 0) is 36.4 Å². The number of hydrogen-bond donors (Lipinski definition) is 1. The minimum atomic E-state index is 0.477. The maximum absolute atomic E-state index is 5.90. The number of halogens is 1. The van der Waals surface area contributed by atoms with Gasteiger partial charge >= 0.3 is 0 Å². The van der Waals surface area contributed by atoms with Crippen LogP contribution < -0.4 is 15.2 Å². The molecular formula is C13H12ClNO2. The molecule has 0 bridgehead atoms. The number of benzene rings is 2. The molecule has 0 fully saturated rings. The summed E-state index contributed by atoms with van der Waals surface area (Å²) < 4.78 is 10.8. The third-order valence-corrected chi connectivity index (χ3v) is 2.54. The van der Waals surface area contributed by atoms with E-state index in [0.29, 0.717) is 28.0 Å². The predicted octanol–water partition coefficient (Wildman–Crippen LogP) is 3.72. The Morgan fingerprint density at radius 2 is 1.65 bits per heavy atom. The Morgan fingerprint density at radius 1 is 1.00 bits per heavy atom. The molecule has 0 aromatic heterocycles. The molecule has 17 heavy (non-hydrogen) atoms. The number of nitrogens with two attached hydrogens (primary N) is 1. The fraction of sp³-hybridized carbons (Fsp3) is 0.0769. The summed E-state index contributed by atoms with van der Waals surface area (Å²) in [6, 6.07) is 12.5. The summed E-state index contributed by atoms with van der Waals surface area (Å²) in [5, 5.41) is 0.663. The van der Waals surface area contributed by atoms with Crippen LogP contribution in [-0.2, 0) is 0 Å². The van der Waals surface area contributed by atoms with Crippen LogP contribution in [0.4, 0.5) is 5.69 Å². The van der Waals surface area contributed by atoms with Crippen molar-refractivity contribution in [3.8, 4) is 17.2 Å². The second-order valence-corrected chi connectivity index (χ2v) is 3.86. The van der Waals surface area contributed by atoms with Crippen LogP contribution in [0.2, 0.25) is 5.02 Å². The summed E-state index contributed by atoms with van der Waals surface area (Å²) in [6.07, 6.45) is 0. The van der Waals surface area contributed by atoms with Crippen LogP contribution in [-0.4, -0.2) is 7.11 Å². The van der Waals surface area contributed by atoms with Gasteiger partial charge in [-0.15, -0.1) is 0 Å². The molecule has 0 spiro atoms. The molecule has 2 rings (SSSR count). The molecule has 0 atom stereocenters. The molecule has 2 N–H and O–H groups in total. The van der Waals surface area contributed by atoms with E-state index in [9.17, 15) is 0 Å². The van der Waals surface area contributed by atoms with Crippen LogP contribution in [0.5, 0.6) is 17.2 Å². The molecule has 0 unspecified atom stereocenters. The molecule has 2 aromatic rings. The summed E-state index contributed by atoms with van der Waals surface area (Å²) in [4.78, 5) is 0. The number of nitrogen functional groups attached to an aromatic ring is 1. The van der Waals surface area contributed by atoms with Crippen LogP contribution >= 0.6 is 11.6 Å². The van der Waals surface area contributed by atoms with Gasteiger partial charge in [0.05, 0.1) is 7.11 Å². The first-order valence-electron chi connectivity index (χ1n) is 5.06. The van der Waals surface area contributed by atoms with Crippen LogP contribution in [0, 0.1) is 0 Å². The molecule has 4 heteroatoms. The number of rotatable bonds is 3. The summed E-state index contributed by atoms with van der Waals surface area (Å²) >= 11 is 5.79. The van der Waals surface area contributed by atoms with Crippen molar-refractivity contribution >= 4 is 17.3 Å². The fourth-order valence-corrected chi connectivity index (χ4v) is 1.55. The Bertz CT molecular complexity index is 511. The highest BCUT2D eigenvalue weighted by molar-refractivity contribution is 6.30. The zero-order chi connectivity index (χ0) is 12.3. The molecule has 0 saturated carbocycles. The quantitative estimate of drug-likeness (QED) is 0.843. The Labute approximate surface area is 105 Å². The molecular weight excluding hydrogens is 238 g/mol. The van der Waals surface area contributed by atoms with Gasteiger partial charge in [0.2, 0.25) is 0 Å². The second kappa shape index (κ2) is 4.97. The summed E-state index contributed by atoms with van der Waals surface area (Å²) in [6.45, 7) is 0. The second-order valence-electron chi connectivity index (χ2n) is 3.43. The van der Waals surface area contributed by atoms with Crippen molar-refractivity contribution in [2.24, 2.45) is 0 Å². The number of ether oxygens (including phenoxy) is 2. The Kier molecular flexibility index (Phi) is 3.40. The molecule has 0 aliphatic carbocycles. The van der Waals surface area contributed by atoms with Gasteiger partial charge in [0.25, 0.3) is 0 Å². The highest BCUT2D eigenvalue weighted by atomic mass is 35.5. The average molecular weight is 250 g/mol. The van der Waals surface area contributed by atoms with Crippen molar-refractivity contribution in [3.05, 3.63) is 47.5 Å². The monoisotopic (exact) mass is 249 g/mol. The first-order valence-corrected chi connectivity index (χ1v) is 5.44. The lowest BCUT2D eigenvalue weighted by Gasteiger charge is -2.11. The number of anilines is 1. The standard InChI is InChI=1S/C13H12ClNO2/c1-16-11-3-2-4-12(13(11)15)17-10-7-5-9(14)6-8-10/h2-8H,15H2,1H3. The van der Waals surface area contributed by atoms with E-state index in [4.69, 9.17) is 26.8 Å². The number of methoxy groups -OCH3 is 1. The van der Waals surface area contributed by atoms with E-state index in [1.165, 1.54) is 0 Å². The normalized spacial score (nSPS) is 10.0. The van der Waals surface area contributed by atoms with Gasteiger partial charge in [0, 0.05) is 5.02 Å². The lowest BCUT2D eigenvalue weighted by molar-refractivity contribution is 0.412. The van der Waals surface area contributed by atoms with E-state index in [0.717, 1.165) is 0 Å². The number of para-hydroxylation sites is 1. The third kappa shape index (κ3) is 2.63. The first kappa shape index (κ1) is 11.6. The van der Waals surface area contributed by atoms with Crippen molar-refractivity contribution in [2.75, 3.05) is 12.8 Å². The molecule has 2 aromatic carbocycles. The zero-order valence-electron chi connectivity index (χ0n) is 9.31. The van der Waals surface area contributed by atoms with Crippen molar-refractivity contribution in [1.29, 1.82) is 0 Å². The Morgan fingerprint density at radius 3 is 2.29 bits per heavy atom. The molecule has 0 saturated heterocycles. The van der Waals surface area contributed by atoms with Gasteiger partial charge in [-0.3, -0.25) is 0 Å². The minimum Gasteiger partial charge on any atom is -0.494 e. The first-order chi connectivity index (χ1) is 8.20. The summed E-state index contributed by atoms with van der Waals surface area (Å²) in [7, 11) is 1.57. The van der Waals surface area contributed by atoms with E-state index in [1.807, 2.05) is 6.07 Å². The highest BCUT2D eigenvalue weighted by Crippen LogP contribution is 2.34. The topological polar surface area (TPSA) is 44.5 Å². The van der Waals surface area contributed by atoms with E-state index < -0.39 is 0 Å². The van der Waals surface area contributed by atoms with Crippen molar-refractivity contribution in [2.45, 2.75) is 0 Å². The Balaban J connectivity index is 2.27. The van der Waals surface area contributed by atoms with E-state index >= 15 is 0 Å². The average Bonchev–Trinajstić information content (AvgIpc) is 2.35. The smallest absolute Gasteiger partial charge is 0.154 e. The van der Waals surface area contributed by atoms with Gasteiger partial charge < -0.3 is 15.2 Å². The third-order valence-electron chi connectivity index (χ3n) is 2.29. The maximum Gasteiger partial charge on any atom is 0.154 e. The molecule has 3 nitrogen and oxygen atoms in total. The lowest BCUT2D eigenvalue weighted by Crippen LogP contribution is -1.95. The van der Waals surface area contributed by atoms with Crippen molar-refractivity contribution in [1.82, 2.24) is 0 Å². The van der Waals surface area contributed by atoms with Crippen LogP contribution in [0.15, 0.2) is 42.5 Å². The molecule has 0 radical (unpaired) electrons. The number of hydrogen-bond acceptors (Lipinski definition) is 3. The molecule has 0 aliphatic heterocycles. The van der Waals surface area contributed by atoms with Crippen LogP contribution in [0.3, 0.4) is 0 Å².